The summed E-state index contributed by atoms with van der Waals surface area (Å²) in [6, 6.07) is 0.660. The first-order valence-corrected chi connectivity index (χ1v) is 9.72. The smallest absolute Gasteiger partial charge is 0.237 e. The topological polar surface area (TPSA) is 52.7 Å². The second-order valence-electron chi connectivity index (χ2n) is 8.10. The monoisotopic (exact) mass is 337 g/mol. The summed E-state index contributed by atoms with van der Waals surface area (Å²) in [6.07, 6.45) is 5.69. The minimum absolute atomic E-state index is 0.0272. The number of carbonyl (C=O) groups excluding carboxylic acids is 2. The van der Waals surface area contributed by atoms with Crippen molar-refractivity contribution in [2.75, 3.05) is 19.6 Å². The predicted octanol–water partition coefficient (Wildman–Crippen LogP) is 2.40. The van der Waals surface area contributed by atoms with Crippen LogP contribution in [0.15, 0.2) is 0 Å². The van der Waals surface area contributed by atoms with Gasteiger partial charge >= 0.3 is 0 Å². The van der Waals surface area contributed by atoms with Gasteiger partial charge in [-0.05, 0) is 52.0 Å². The van der Waals surface area contributed by atoms with Gasteiger partial charge in [-0.1, -0.05) is 20.3 Å². The molecule has 1 unspecified atom stereocenters. The third kappa shape index (κ3) is 5.20. The van der Waals surface area contributed by atoms with E-state index in [-0.39, 0.29) is 23.9 Å². The number of carbonyl (C=O) groups is 2. The highest BCUT2D eigenvalue weighted by atomic mass is 16.2. The Morgan fingerprint density at radius 2 is 1.67 bits per heavy atom. The van der Waals surface area contributed by atoms with Gasteiger partial charge in [-0.25, -0.2) is 0 Å². The average Bonchev–Trinajstić information content (AvgIpc) is 2.54. The zero-order valence-electron chi connectivity index (χ0n) is 15.9. The number of likely N-dealkylation sites (tertiary alicyclic amines) is 2. The number of nitrogens with one attached hydrogen (secondary N) is 1. The maximum absolute atomic E-state index is 12.7. The molecule has 0 aliphatic carbocycles. The summed E-state index contributed by atoms with van der Waals surface area (Å²) >= 11 is 0. The molecule has 2 aliphatic heterocycles. The van der Waals surface area contributed by atoms with Crippen molar-refractivity contribution >= 4 is 11.8 Å². The molecule has 138 valence electrons. The molecule has 5 nitrogen and oxygen atoms in total. The molecular formula is C19H35N3O2. The van der Waals surface area contributed by atoms with E-state index in [9.17, 15) is 9.59 Å². The third-order valence-corrected chi connectivity index (χ3v) is 5.29. The van der Waals surface area contributed by atoms with Crippen molar-refractivity contribution in [1.29, 1.82) is 0 Å². The van der Waals surface area contributed by atoms with Crippen molar-refractivity contribution in [3.05, 3.63) is 0 Å². The van der Waals surface area contributed by atoms with Crippen LogP contribution < -0.4 is 5.32 Å². The Labute approximate surface area is 147 Å². The van der Waals surface area contributed by atoms with Crippen LogP contribution in [0.4, 0.5) is 0 Å². The highest BCUT2D eigenvalue weighted by molar-refractivity contribution is 5.82. The molecule has 0 radical (unpaired) electrons. The molecular weight excluding hydrogens is 302 g/mol. The van der Waals surface area contributed by atoms with E-state index in [0.29, 0.717) is 18.4 Å². The summed E-state index contributed by atoms with van der Waals surface area (Å²) in [5, 5.41) is 3.26. The number of nitrogens with zero attached hydrogens (tertiary/aromatic N) is 2. The lowest BCUT2D eigenvalue weighted by Gasteiger charge is -2.39. The van der Waals surface area contributed by atoms with Crippen LogP contribution in [0.5, 0.6) is 0 Å². The van der Waals surface area contributed by atoms with Crippen molar-refractivity contribution < 1.29 is 9.59 Å². The summed E-state index contributed by atoms with van der Waals surface area (Å²) < 4.78 is 0. The molecule has 0 aromatic carbocycles. The van der Waals surface area contributed by atoms with Crippen molar-refractivity contribution in [3.8, 4) is 0 Å². The summed E-state index contributed by atoms with van der Waals surface area (Å²) in [5.41, 5.74) is 0. The van der Waals surface area contributed by atoms with Crippen molar-refractivity contribution in [1.82, 2.24) is 15.1 Å². The predicted molar refractivity (Wildman–Crippen MR) is 96.7 cm³/mol. The lowest BCUT2D eigenvalue weighted by Crippen LogP contribution is -2.55. The fourth-order valence-corrected chi connectivity index (χ4v) is 3.90. The number of hydrogen-bond donors (Lipinski definition) is 1. The first-order valence-electron chi connectivity index (χ1n) is 9.72. The first kappa shape index (κ1) is 19.2. The van der Waals surface area contributed by atoms with E-state index in [1.165, 1.54) is 6.42 Å². The molecule has 5 heteroatoms. The minimum atomic E-state index is 0.0272. The second kappa shape index (κ2) is 8.84. The standard InChI is InChI=1S/C19H35N3O2/c1-14(2)13-18(23)21-11-8-16(9-12-21)20-19(24)17-7-5-6-10-22(17)15(3)4/h14-17H,5-13H2,1-4H3,(H,20,24). The lowest BCUT2D eigenvalue weighted by molar-refractivity contribution is -0.133. The first-order chi connectivity index (χ1) is 11.4. The molecule has 0 spiro atoms. The van der Waals surface area contributed by atoms with Gasteiger partial charge in [0.15, 0.2) is 0 Å². The molecule has 0 aromatic heterocycles. The normalized spacial score (nSPS) is 23.8. The Hall–Kier alpha value is -1.10. The van der Waals surface area contributed by atoms with Gasteiger partial charge in [-0.15, -0.1) is 0 Å². The van der Waals surface area contributed by atoms with E-state index in [1.807, 2.05) is 4.90 Å². The number of rotatable bonds is 5. The van der Waals surface area contributed by atoms with Gasteiger partial charge in [0.05, 0.1) is 6.04 Å². The quantitative estimate of drug-likeness (QED) is 0.838. The molecule has 0 aromatic rings. The van der Waals surface area contributed by atoms with Gasteiger partial charge in [0, 0.05) is 31.6 Å². The molecule has 2 rings (SSSR count). The van der Waals surface area contributed by atoms with E-state index >= 15 is 0 Å². The van der Waals surface area contributed by atoms with Crippen LogP contribution in [0.3, 0.4) is 0 Å². The van der Waals surface area contributed by atoms with Gasteiger partial charge in [0.25, 0.3) is 0 Å². The van der Waals surface area contributed by atoms with Crippen LogP contribution in [-0.2, 0) is 9.59 Å². The Bertz CT molecular complexity index is 428. The zero-order valence-corrected chi connectivity index (χ0v) is 15.9. The fraction of sp³-hybridized carbons (Fsp3) is 0.895. The molecule has 1 N–H and O–H groups in total. The van der Waals surface area contributed by atoms with Crippen molar-refractivity contribution in [2.24, 2.45) is 5.92 Å². The van der Waals surface area contributed by atoms with E-state index in [0.717, 1.165) is 45.3 Å². The van der Waals surface area contributed by atoms with Crippen molar-refractivity contribution in [3.63, 3.8) is 0 Å². The van der Waals surface area contributed by atoms with Crippen LogP contribution in [0, 0.1) is 5.92 Å². The second-order valence-corrected chi connectivity index (χ2v) is 8.10. The number of amides is 2. The SMILES string of the molecule is CC(C)CC(=O)N1CCC(NC(=O)C2CCCCN2C(C)C)CC1. The summed E-state index contributed by atoms with van der Waals surface area (Å²) in [7, 11) is 0. The highest BCUT2D eigenvalue weighted by Crippen LogP contribution is 2.21. The summed E-state index contributed by atoms with van der Waals surface area (Å²) in [6.45, 7) is 11.1. The van der Waals surface area contributed by atoms with E-state index in [2.05, 4.69) is 37.9 Å². The van der Waals surface area contributed by atoms with Crippen LogP contribution in [0.25, 0.3) is 0 Å². The van der Waals surface area contributed by atoms with Crippen LogP contribution >= 0.6 is 0 Å². The van der Waals surface area contributed by atoms with Gasteiger partial charge in [0.2, 0.25) is 11.8 Å². The zero-order chi connectivity index (χ0) is 17.7. The number of hydrogen-bond acceptors (Lipinski definition) is 3. The van der Waals surface area contributed by atoms with Crippen LogP contribution in [0.2, 0.25) is 0 Å². The van der Waals surface area contributed by atoms with Gasteiger partial charge in [-0.2, -0.15) is 0 Å². The highest BCUT2D eigenvalue weighted by Gasteiger charge is 2.32. The Morgan fingerprint density at radius 1 is 1.00 bits per heavy atom. The van der Waals surface area contributed by atoms with Gasteiger partial charge in [-0.3, -0.25) is 14.5 Å². The van der Waals surface area contributed by atoms with Gasteiger partial charge in [0.1, 0.15) is 0 Å². The molecule has 2 aliphatic rings. The molecule has 2 saturated heterocycles. The van der Waals surface area contributed by atoms with Gasteiger partial charge < -0.3 is 10.2 Å². The average molecular weight is 338 g/mol. The molecule has 2 amide bonds. The largest absolute Gasteiger partial charge is 0.352 e. The fourth-order valence-electron chi connectivity index (χ4n) is 3.90. The Morgan fingerprint density at radius 3 is 2.25 bits per heavy atom. The Kier molecular flexibility index (Phi) is 7.08. The molecule has 2 heterocycles. The Balaban J connectivity index is 1.80. The summed E-state index contributed by atoms with van der Waals surface area (Å²) in [5.74, 6) is 0.853. The molecule has 0 bridgehead atoms. The van der Waals surface area contributed by atoms with E-state index in [1.54, 1.807) is 0 Å². The molecule has 0 saturated carbocycles. The lowest BCUT2D eigenvalue weighted by atomic mass is 9.98. The maximum Gasteiger partial charge on any atom is 0.237 e. The molecule has 2 fully saturated rings. The minimum Gasteiger partial charge on any atom is -0.352 e. The summed E-state index contributed by atoms with van der Waals surface area (Å²) in [4.78, 5) is 29.1. The van der Waals surface area contributed by atoms with Crippen molar-refractivity contribution in [2.45, 2.75) is 84.3 Å². The number of piperidine rings is 2. The van der Waals surface area contributed by atoms with Crippen LogP contribution in [-0.4, -0.2) is 59.4 Å². The molecule has 24 heavy (non-hydrogen) atoms. The third-order valence-electron chi connectivity index (χ3n) is 5.29. The molecule has 1 atom stereocenters. The maximum atomic E-state index is 12.7. The van der Waals surface area contributed by atoms with E-state index < -0.39 is 0 Å². The van der Waals surface area contributed by atoms with Crippen LogP contribution in [0.1, 0.15) is 66.2 Å². The van der Waals surface area contributed by atoms with E-state index in [4.69, 9.17) is 0 Å².